The summed E-state index contributed by atoms with van der Waals surface area (Å²) >= 11 is 5.92. The third-order valence-electron chi connectivity index (χ3n) is 3.72. The van der Waals surface area contributed by atoms with Gasteiger partial charge in [0, 0.05) is 29.0 Å². The number of rotatable bonds is 4. The molecule has 2 aromatic rings. The summed E-state index contributed by atoms with van der Waals surface area (Å²) in [6.45, 7) is 0.0158. The van der Waals surface area contributed by atoms with Crippen molar-refractivity contribution in [3.05, 3.63) is 35.0 Å². The van der Waals surface area contributed by atoms with E-state index in [0.29, 0.717) is 16.8 Å². The van der Waals surface area contributed by atoms with E-state index < -0.39 is 0 Å². The molecule has 1 aromatic carbocycles. The normalized spacial score (nSPS) is 14.2. The van der Waals surface area contributed by atoms with Crippen LogP contribution in [-0.4, -0.2) is 41.3 Å². The fraction of sp³-hybridized carbons (Fsp3) is 0.333. The van der Waals surface area contributed by atoms with Gasteiger partial charge in [0.15, 0.2) is 0 Å². The molecule has 110 valence electrons. The lowest BCUT2D eigenvalue weighted by Crippen LogP contribution is -2.39. The topological polar surface area (TPSA) is 65.2 Å². The highest BCUT2D eigenvalue weighted by Gasteiger charge is 2.29. The first-order valence-corrected chi connectivity index (χ1v) is 7.24. The molecule has 0 atom stereocenters. The zero-order chi connectivity index (χ0) is 15.0. The van der Waals surface area contributed by atoms with Gasteiger partial charge in [0.2, 0.25) is 5.91 Å². The van der Waals surface area contributed by atoms with Crippen molar-refractivity contribution in [1.82, 2.24) is 15.2 Å². The van der Waals surface area contributed by atoms with E-state index >= 15 is 0 Å². The van der Waals surface area contributed by atoms with Crippen LogP contribution in [0.3, 0.4) is 0 Å². The number of nitrogens with zero attached hydrogens (tertiary/aromatic N) is 1. The Hall–Kier alpha value is -2.01. The molecule has 0 spiro atoms. The molecule has 0 bridgehead atoms. The number of likely N-dealkylation sites (N-methyl/N-ethyl adjacent to an activating group) is 1. The number of H-pyrrole nitrogens is 1. The Morgan fingerprint density at radius 1 is 1.38 bits per heavy atom. The molecular weight excluding hydrogens is 290 g/mol. The summed E-state index contributed by atoms with van der Waals surface area (Å²) < 4.78 is 0. The lowest BCUT2D eigenvalue weighted by atomic mass is 10.2. The summed E-state index contributed by atoms with van der Waals surface area (Å²) in [7, 11) is 1.77. The molecule has 3 rings (SSSR count). The van der Waals surface area contributed by atoms with Crippen molar-refractivity contribution in [2.24, 2.45) is 0 Å². The molecule has 1 aromatic heterocycles. The van der Waals surface area contributed by atoms with Crippen molar-refractivity contribution in [2.45, 2.75) is 18.9 Å². The van der Waals surface area contributed by atoms with Crippen molar-refractivity contribution in [1.29, 1.82) is 0 Å². The predicted octanol–water partition coefficient (Wildman–Crippen LogP) is 2.17. The lowest BCUT2D eigenvalue weighted by Gasteiger charge is -2.16. The second-order valence-electron chi connectivity index (χ2n) is 5.33. The third-order valence-corrected chi connectivity index (χ3v) is 3.95. The highest BCUT2D eigenvalue weighted by molar-refractivity contribution is 6.31. The molecule has 5 nitrogen and oxygen atoms in total. The molecule has 1 heterocycles. The van der Waals surface area contributed by atoms with Gasteiger partial charge in [-0.3, -0.25) is 9.59 Å². The van der Waals surface area contributed by atoms with E-state index in [4.69, 9.17) is 11.6 Å². The summed E-state index contributed by atoms with van der Waals surface area (Å²) in [6, 6.07) is 7.45. The first-order chi connectivity index (χ1) is 10.0. The summed E-state index contributed by atoms with van der Waals surface area (Å²) in [5, 5.41) is 4.13. The number of fused-ring (bicyclic) bond motifs is 1. The van der Waals surface area contributed by atoms with Crippen LogP contribution in [0, 0.1) is 0 Å². The van der Waals surface area contributed by atoms with Crippen LogP contribution in [0.5, 0.6) is 0 Å². The molecule has 2 N–H and O–H groups in total. The number of halogens is 1. The number of aromatic amines is 1. The molecule has 0 saturated heterocycles. The molecular formula is C15H16ClN3O2. The number of nitrogens with one attached hydrogen (secondary N) is 2. The maximum absolute atomic E-state index is 12.1. The minimum absolute atomic E-state index is 0.0158. The number of benzene rings is 1. The summed E-state index contributed by atoms with van der Waals surface area (Å²) in [5.74, 6) is -0.357. The predicted molar refractivity (Wildman–Crippen MR) is 81.4 cm³/mol. The molecule has 1 saturated carbocycles. The number of hydrogen-bond donors (Lipinski definition) is 2. The summed E-state index contributed by atoms with van der Waals surface area (Å²) in [6.07, 6.45) is 2.11. The van der Waals surface area contributed by atoms with Gasteiger partial charge in [0.1, 0.15) is 5.69 Å². The number of hydrogen-bond acceptors (Lipinski definition) is 2. The Kier molecular flexibility index (Phi) is 3.59. The molecule has 6 heteroatoms. The maximum Gasteiger partial charge on any atom is 0.268 e. The minimum Gasteiger partial charge on any atom is -0.351 e. The van der Waals surface area contributed by atoms with Crippen molar-refractivity contribution >= 4 is 34.3 Å². The monoisotopic (exact) mass is 305 g/mol. The Morgan fingerprint density at radius 3 is 2.86 bits per heavy atom. The zero-order valence-corrected chi connectivity index (χ0v) is 12.4. The molecule has 21 heavy (non-hydrogen) atoms. The number of aromatic nitrogens is 1. The van der Waals surface area contributed by atoms with E-state index in [9.17, 15) is 9.59 Å². The quantitative estimate of drug-likeness (QED) is 0.909. The number of carbonyl (C=O) groups excluding carboxylic acids is 2. The standard InChI is InChI=1S/C15H16ClN3O2/c1-19(11-3-4-11)14(20)8-17-15(21)13-7-9-6-10(16)2-5-12(9)18-13/h2,5-7,11,18H,3-4,8H2,1H3,(H,17,21). The van der Waals surface area contributed by atoms with Gasteiger partial charge < -0.3 is 15.2 Å². The van der Waals surface area contributed by atoms with Gasteiger partial charge >= 0.3 is 0 Å². The van der Waals surface area contributed by atoms with Crippen molar-refractivity contribution in [3.63, 3.8) is 0 Å². The van der Waals surface area contributed by atoms with Gasteiger partial charge in [0.05, 0.1) is 6.54 Å². The van der Waals surface area contributed by atoms with Crippen LogP contribution in [0.1, 0.15) is 23.3 Å². The lowest BCUT2D eigenvalue weighted by molar-refractivity contribution is -0.129. The first kappa shape index (κ1) is 13.9. The van der Waals surface area contributed by atoms with E-state index in [2.05, 4.69) is 10.3 Å². The largest absolute Gasteiger partial charge is 0.351 e. The van der Waals surface area contributed by atoms with Crippen LogP contribution in [0.25, 0.3) is 10.9 Å². The molecule has 0 unspecified atom stereocenters. The molecule has 1 fully saturated rings. The Labute approximate surface area is 127 Å². The van der Waals surface area contributed by atoms with Gasteiger partial charge in [-0.1, -0.05) is 11.6 Å². The Balaban J connectivity index is 1.64. The molecule has 0 radical (unpaired) electrons. The van der Waals surface area contributed by atoms with Gasteiger partial charge in [-0.25, -0.2) is 0 Å². The van der Waals surface area contributed by atoms with E-state index in [1.807, 2.05) is 6.07 Å². The molecule has 1 aliphatic rings. The minimum atomic E-state index is -0.292. The third kappa shape index (κ3) is 3.03. The first-order valence-electron chi connectivity index (χ1n) is 6.87. The fourth-order valence-electron chi connectivity index (χ4n) is 2.27. The van der Waals surface area contributed by atoms with Crippen LogP contribution in [0.15, 0.2) is 24.3 Å². The SMILES string of the molecule is CN(C(=O)CNC(=O)c1cc2cc(Cl)ccc2[nH]1)C1CC1. The maximum atomic E-state index is 12.1. The van der Waals surface area contributed by atoms with Crippen LogP contribution in [0.2, 0.25) is 5.02 Å². The van der Waals surface area contributed by atoms with Crippen LogP contribution >= 0.6 is 11.6 Å². The highest BCUT2D eigenvalue weighted by Crippen LogP contribution is 2.25. The van der Waals surface area contributed by atoms with E-state index in [-0.39, 0.29) is 18.4 Å². The summed E-state index contributed by atoms with van der Waals surface area (Å²) in [5.41, 5.74) is 1.26. The Bertz CT molecular complexity index is 706. The van der Waals surface area contributed by atoms with E-state index in [0.717, 1.165) is 23.7 Å². The van der Waals surface area contributed by atoms with Gasteiger partial charge in [-0.05, 0) is 37.1 Å². The Morgan fingerprint density at radius 2 is 2.14 bits per heavy atom. The van der Waals surface area contributed by atoms with Crippen molar-refractivity contribution < 1.29 is 9.59 Å². The molecule has 1 aliphatic carbocycles. The van der Waals surface area contributed by atoms with E-state index in [1.165, 1.54) is 0 Å². The summed E-state index contributed by atoms with van der Waals surface area (Å²) in [4.78, 5) is 28.6. The van der Waals surface area contributed by atoms with Gasteiger partial charge in [0.25, 0.3) is 5.91 Å². The van der Waals surface area contributed by atoms with Crippen molar-refractivity contribution in [2.75, 3.05) is 13.6 Å². The zero-order valence-electron chi connectivity index (χ0n) is 11.6. The average molecular weight is 306 g/mol. The van der Waals surface area contributed by atoms with Crippen molar-refractivity contribution in [3.8, 4) is 0 Å². The van der Waals surface area contributed by atoms with Crippen LogP contribution < -0.4 is 5.32 Å². The van der Waals surface area contributed by atoms with Gasteiger partial charge in [-0.2, -0.15) is 0 Å². The highest BCUT2D eigenvalue weighted by atomic mass is 35.5. The average Bonchev–Trinajstić information content (AvgIpc) is 3.23. The number of amides is 2. The second-order valence-corrected chi connectivity index (χ2v) is 5.77. The second kappa shape index (κ2) is 5.41. The molecule has 2 amide bonds. The van der Waals surface area contributed by atoms with Gasteiger partial charge in [-0.15, -0.1) is 0 Å². The fourth-order valence-corrected chi connectivity index (χ4v) is 2.45. The number of carbonyl (C=O) groups is 2. The van der Waals surface area contributed by atoms with Crippen LogP contribution in [-0.2, 0) is 4.79 Å². The van der Waals surface area contributed by atoms with E-state index in [1.54, 1.807) is 30.1 Å². The molecule has 0 aliphatic heterocycles. The van der Waals surface area contributed by atoms with Crippen LogP contribution in [0.4, 0.5) is 0 Å². The smallest absolute Gasteiger partial charge is 0.268 e.